The molecule has 2 aliphatic carbocycles. The van der Waals surface area contributed by atoms with E-state index >= 15 is 0 Å². The van der Waals surface area contributed by atoms with Gasteiger partial charge in [0.05, 0.1) is 20.3 Å². The van der Waals surface area contributed by atoms with Crippen LogP contribution in [0.5, 0.6) is 11.5 Å². The molecule has 1 N–H and O–H groups in total. The zero-order valence-electron chi connectivity index (χ0n) is 12.2. The molecule has 0 amide bonds. The Balaban J connectivity index is 2.00. The first-order valence-corrected chi connectivity index (χ1v) is 7.38. The highest BCUT2D eigenvalue weighted by Gasteiger charge is 2.28. The van der Waals surface area contributed by atoms with E-state index in [4.69, 9.17) is 9.47 Å². The fourth-order valence-corrected chi connectivity index (χ4v) is 3.44. The molecule has 2 aliphatic rings. The van der Waals surface area contributed by atoms with Gasteiger partial charge in [0.15, 0.2) is 11.5 Å². The van der Waals surface area contributed by atoms with Crippen LogP contribution >= 0.6 is 0 Å². The Hall–Kier alpha value is -1.48. The minimum atomic E-state index is -0.419. The molecule has 0 aliphatic heterocycles. The van der Waals surface area contributed by atoms with E-state index in [1.165, 1.54) is 31.3 Å². The van der Waals surface area contributed by atoms with E-state index in [0.717, 1.165) is 16.9 Å². The SMILES string of the molecule is COc1cc2c(cc1OC)C(O)C/C2=C\C1CCCC1. The lowest BCUT2D eigenvalue weighted by Gasteiger charge is -2.12. The molecule has 108 valence electrons. The van der Waals surface area contributed by atoms with Gasteiger partial charge in [-0.2, -0.15) is 0 Å². The van der Waals surface area contributed by atoms with Gasteiger partial charge in [0.1, 0.15) is 0 Å². The second-order valence-electron chi connectivity index (χ2n) is 5.75. The maximum absolute atomic E-state index is 10.3. The molecule has 1 aromatic carbocycles. The smallest absolute Gasteiger partial charge is 0.161 e. The van der Waals surface area contributed by atoms with E-state index < -0.39 is 6.10 Å². The summed E-state index contributed by atoms with van der Waals surface area (Å²) in [5, 5.41) is 10.3. The van der Waals surface area contributed by atoms with Gasteiger partial charge in [-0.05, 0) is 47.6 Å². The zero-order chi connectivity index (χ0) is 14.1. The van der Waals surface area contributed by atoms with Crippen LogP contribution < -0.4 is 9.47 Å². The molecule has 1 aromatic rings. The summed E-state index contributed by atoms with van der Waals surface area (Å²) in [5.41, 5.74) is 3.36. The molecule has 1 unspecified atom stereocenters. The second kappa shape index (κ2) is 5.49. The first-order chi connectivity index (χ1) is 9.72. The van der Waals surface area contributed by atoms with Gasteiger partial charge in [0, 0.05) is 6.42 Å². The van der Waals surface area contributed by atoms with E-state index in [1.54, 1.807) is 14.2 Å². The standard InChI is InChI=1S/C17H22O3/c1-19-16-9-13-12(7-11-5-3-4-6-11)8-15(18)14(13)10-17(16)20-2/h7,9-11,15,18H,3-6,8H2,1-2H3/b12-7+. The van der Waals surface area contributed by atoms with E-state index in [0.29, 0.717) is 18.1 Å². The van der Waals surface area contributed by atoms with E-state index in [9.17, 15) is 5.11 Å². The average Bonchev–Trinajstić information content (AvgIpc) is 3.07. The molecule has 3 nitrogen and oxygen atoms in total. The van der Waals surface area contributed by atoms with Crippen LogP contribution in [0, 0.1) is 5.92 Å². The largest absolute Gasteiger partial charge is 0.493 e. The monoisotopic (exact) mass is 274 g/mol. The topological polar surface area (TPSA) is 38.7 Å². The number of benzene rings is 1. The molecule has 0 radical (unpaired) electrons. The lowest BCUT2D eigenvalue weighted by Crippen LogP contribution is -1.95. The van der Waals surface area contributed by atoms with Crippen molar-refractivity contribution in [3.05, 3.63) is 29.3 Å². The third kappa shape index (κ3) is 2.31. The number of methoxy groups -OCH3 is 2. The number of fused-ring (bicyclic) bond motifs is 1. The van der Waals surface area contributed by atoms with Gasteiger partial charge in [-0.1, -0.05) is 18.9 Å². The molecular formula is C17H22O3. The van der Waals surface area contributed by atoms with Gasteiger partial charge < -0.3 is 14.6 Å². The maximum Gasteiger partial charge on any atom is 0.161 e. The third-order valence-corrected chi connectivity index (χ3v) is 4.51. The summed E-state index contributed by atoms with van der Waals surface area (Å²) in [6.07, 6.45) is 7.88. The summed E-state index contributed by atoms with van der Waals surface area (Å²) in [6, 6.07) is 3.92. The van der Waals surface area contributed by atoms with Crippen molar-refractivity contribution < 1.29 is 14.6 Å². The quantitative estimate of drug-likeness (QED) is 0.913. The molecule has 20 heavy (non-hydrogen) atoms. The Kier molecular flexibility index (Phi) is 3.70. The van der Waals surface area contributed by atoms with Gasteiger partial charge in [-0.25, -0.2) is 0 Å². The van der Waals surface area contributed by atoms with Crippen LogP contribution in [0.2, 0.25) is 0 Å². The van der Waals surface area contributed by atoms with Crippen LogP contribution in [0.1, 0.15) is 49.3 Å². The molecular weight excluding hydrogens is 252 g/mol. The molecule has 0 heterocycles. The van der Waals surface area contributed by atoms with E-state index in [2.05, 4.69) is 6.08 Å². The molecule has 3 rings (SSSR count). The Bertz CT molecular complexity index is 527. The summed E-state index contributed by atoms with van der Waals surface area (Å²) in [4.78, 5) is 0. The van der Waals surface area contributed by atoms with Crippen molar-refractivity contribution in [3.63, 3.8) is 0 Å². The van der Waals surface area contributed by atoms with Crippen molar-refractivity contribution in [1.29, 1.82) is 0 Å². The number of aliphatic hydroxyl groups is 1. The minimum Gasteiger partial charge on any atom is -0.493 e. The van der Waals surface area contributed by atoms with Crippen LogP contribution in [0.25, 0.3) is 5.57 Å². The Morgan fingerprint density at radius 1 is 1.10 bits per heavy atom. The summed E-state index contributed by atoms with van der Waals surface area (Å²) in [5.74, 6) is 2.10. The number of allylic oxidation sites excluding steroid dienone is 1. The lowest BCUT2D eigenvalue weighted by molar-refractivity contribution is 0.189. The third-order valence-electron chi connectivity index (χ3n) is 4.51. The Labute approximate surface area is 120 Å². The molecule has 1 fully saturated rings. The fraction of sp³-hybridized carbons (Fsp3) is 0.529. The molecule has 1 saturated carbocycles. The van der Waals surface area contributed by atoms with Crippen LogP contribution in [-0.4, -0.2) is 19.3 Å². The van der Waals surface area contributed by atoms with Crippen molar-refractivity contribution in [3.8, 4) is 11.5 Å². The summed E-state index contributed by atoms with van der Waals surface area (Å²) in [6.45, 7) is 0. The van der Waals surface area contributed by atoms with Gasteiger partial charge in [0.2, 0.25) is 0 Å². The van der Waals surface area contributed by atoms with Crippen LogP contribution in [0.3, 0.4) is 0 Å². The highest BCUT2D eigenvalue weighted by Crippen LogP contribution is 2.46. The Morgan fingerprint density at radius 3 is 2.40 bits per heavy atom. The van der Waals surface area contributed by atoms with Crippen molar-refractivity contribution >= 4 is 5.57 Å². The predicted molar refractivity (Wildman–Crippen MR) is 79.1 cm³/mol. The molecule has 1 atom stereocenters. The molecule has 0 aromatic heterocycles. The summed E-state index contributed by atoms with van der Waals surface area (Å²) >= 11 is 0. The number of rotatable bonds is 3. The number of hydrogen-bond acceptors (Lipinski definition) is 3. The van der Waals surface area contributed by atoms with E-state index in [-0.39, 0.29) is 0 Å². The Morgan fingerprint density at radius 2 is 1.75 bits per heavy atom. The normalized spacial score (nSPS) is 24.1. The molecule has 3 heteroatoms. The van der Waals surface area contributed by atoms with Crippen molar-refractivity contribution in [2.24, 2.45) is 5.92 Å². The first-order valence-electron chi connectivity index (χ1n) is 7.38. The average molecular weight is 274 g/mol. The number of hydrogen-bond donors (Lipinski definition) is 1. The van der Waals surface area contributed by atoms with Gasteiger partial charge >= 0.3 is 0 Å². The summed E-state index contributed by atoms with van der Waals surface area (Å²) in [7, 11) is 3.27. The number of ether oxygens (including phenoxy) is 2. The van der Waals surface area contributed by atoms with E-state index in [1.807, 2.05) is 12.1 Å². The zero-order valence-corrected chi connectivity index (χ0v) is 12.2. The highest BCUT2D eigenvalue weighted by molar-refractivity contribution is 5.76. The minimum absolute atomic E-state index is 0.419. The van der Waals surface area contributed by atoms with Crippen molar-refractivity contribution in [2.45, 2.75) is 38.2 Å². The van der Waals surface area contributed by atoms with Crippen LogP contribution in [0.4, 0.5) is 0 Å². The van der Waals surface area contributed by atoms with Crippen LogP contribution in [-0.2, 0) is 0 Å². The first kappa shape index (κ1) is 13.5. The highest BCUT2D eigenvalue weighted by atomic mass is 16.5. The molecule has 0 saturated heterocycles. The van der Waals surface area contributed by atoms with Gasteiger partial charge in [0.25, 0.3) is 0 Å². The van der Waals surface area contributed by atoms with Gasteiger partial charge in [-0.3, -0.25) is 0 Å². The predicted octanol–water partition coefficient (Wildman–Crippen LogP) is 3.71. The number of aliphatic hydroxyl groups excluding tert-OH is 1. The fourth-order valence-electron chi connectivity index (χ4n) is 3.44. The molecule has 0 bridgehead atoms. The van der Waals surface area contributed by atoms with Crippen LogP contribution in [0.15, 0.2) is 18.2 Å². The maximum atomic E-state index is 10.3. The lowest BCUT2D eigenvalue weighted by atomic mass is 10.00. The molecule has 0 spiro atoms. The van der Waals surface area contributed by atoms with Gasteiger partial charge in [-0.15, -0.1) is 0 Å². The van der Waals surface area contributed by atoms with Crippen molar-refractivity contribution in [1.82, 2.24) is 0 Å². The second-order valence-corrected chi connectivity index (χ2v) is 5.75. The van der Waals surface area contributed by atoms with Crippen molar-refractivity contribution in [2.75, 3.05) is 14.2 Å². The summed E-state index contributed by atoms with van der Waals surface area (Å²) < 4.78 is 10.7.